The Bertz CT molecular complexity index is 1730. The maximum Gasteiger partial charge on any atom is 0.416 e. The Balaban J connectivity index is 0.00000229. The smallest absolute Gasteiger partial charge is 0.416 e. The molecule has 17 nitrogen and oxygen atoms in total. The number of piperidine rings is 1. The number of carboxylic acids is 1. The predicted molar refractivity (Wildman–Crippen MR) is 229 cm³/mol. The minimum Gasteiger partial charge on any atom is -0.480 e. The van der Waals surface area contributed by atoms with Crippen LogP contribution in [-0.4, -0.2) is 191 Å². The topological polar surface area (TPSA) is 196 Å². The fourth-order valence-corrected chi connectivity index (χ4v) is 7.49. The van der Waals surface area contributed by atoms with Crippen LogP contribution in [0.25, 0.3) is 0 Å². The van der Waals surface area contributed by atoms with E-state index in [0.717, 1.165) is 69.8 Å². The molecule has 2 N–H and O–H groups in total. The first kappa shape index (κ1) is 56.4. The van der Waals surface area contributed by atoms with Crippen molar-refractivity contribution in [2.24, 2.45) is 0 Å². The Morgan fingerprint density at radius 3 is 1.91 bits per heavy atom. The lowest BCUT2D eigenvalue weighted by Crippen LogP contribution is -2.47. The normalized spacial score (nSPS) is 18.6. The van der Waals surface area contributed by atoms with E-state index in [0.29, 0.717) is 76.6 Å². The van der Waals surface area contributed by atoms with Crippen LogP contribution in [0.1, 0.15) is 54.0 Å². The molecule has 0 radical (unpaired) electrons. The summed E-state index contributed by atoms with van der Waals surface area (Å²) >= 11 is 0. The standard InChI is InChI=1S/C43H65F3N6O7.2CO2/c1-34-27-35(29-37(28-34)43(44,45)46)33-59-39-12-7-14-52(42(39)36-9-5-4-6-10-36)30-38(53)11-8-23-57-25-26-58-24-13-47-40(54)31-50-19-15-48(2)17-21-51(32-41(55)56)22-18-49(3)16-20-50;2*2-1-3/h4-6,9-10,27-29,39,42H,7-8,11-26,30-33H2,1-3H3,(H,47,54)(H,55,56);;/t39-,42-;;/m0../s1. The van der Waals surface area contributed by atoms with E-state index in [1.54, 1.807) is 13.0 Å². The number of ketones is 1. The summed E-state index contributed by atoms with van der Waals surface area (Å²) in [5.74, 6) is -0.790. The van der Waals surface area contributed by atoms with E-state index in [1.165, 1.54) is 0 Å². The molecule has 2 atom stereocenters. The zero-order valence-corrected chi connectivity index (χ0v) is 37.7. The molecule has 362 valence electrons. The first-order valence-electron chi connectivity index (χ1n) is 21.6. The van der Waals surface area contributed by atoms with Gasteiger partial charge in [0.1, 0.15) is 5.78 Å². The van der Waals surface area contributed by atoms with Crippen molar-refractivity contribution in [2.45, 2.75) is 57.5 Å². The van der Waals surface area contributed by atoms with E-state index in [-0.39, 0.29) is 62.4 Å². The Hall–Kier alpha value is -4.72. The minimum atomic E-state index is -4.43. The molecule has 1 amide bonds. The number of nitrogens with zero attached hydrogens (tertiary/aromatic N) is 5. The Kier molecular flexibility index (Phi) is 27.8. The second kappa shape index (κ2) is 32.0. The first-order chi connectivity index (χ1) is 31.1. The Morgan fingerprint density at radius 1 is 0.769 bits per heavy atom. The Labute approximate surface area is 379 Å². The van der Waals surface area contributed by atoms with Crippen LogP contribution in [0, 0.1) is 6.92 Å². The van der Waals surface area contributed by atoms with Crippen LogP contribution in [0.15, 0.2) is 48.5 Å². The van der Waals surface area contributed by atoms with E-state index >= 15 is 0 Å². The molecule has 20 heteroatoms. The molecule has 2 aromatic rings. The van der Waals surface area contributed by atoms with Crippen LogP contribution in [0.2, 0.25) is 0 Å². The van der Waals surface area contributed by atoms with Gasteiger partial charge in [0.25, 0.3) is 0 Å². The quantitative estimate of drug-likeness (QED) is 0.184. The van der Waals surface area contributed by atoms with E-state index in [1.807, 2.05) is 49.3 Å². The van der Waals surface area contributed by atoms with Crippen LogP contribution >= 0.6 is 0 Å². The third-order valence-electron chi connectivity index (χ3n) is 10.7. The summed E-state index contributed by atoms with van der Waals surface area (Å²) in [7, 11) is 4.03. The molecule has 4 rings (SSSR count). The van der Waals surface area contributed by atoms with Gasteiger partial charge in [-0.3, -0.25) is 29.1 Å². The van der Waals surface area contributed by atoms with Gasteiger partial charge in [0.05, 0.1) is 63.8 Å². The van der Waals surface area contributed by atoms with Crippen LogP contribution in [-0.2, 0) is 60.6 Å². The van der Waals surface area contributed by atoms with Crippen LogP contribution in [0.5, 0.6) is 0 Å². The van der Waals surface area contributed by atoms with Crippen LogP contribution < -0.4 is 5.32 Å². The number of ether oxygens (including phenoxy) is 3. The molecule has 2 aliphatic heterocycles. The molecule has 0 spiro atoms. The molecule has 0 bridgehead atoms. The number of aliphatic carboxylic acids is 1. The molecule has 0 saturated carbocycles. The molecule has 2 saturated heterocycles. The van der Waals surface area contributed by atoms with Gasteiger partial charge in [0, 0.05) is 71.9 Å². The van der Waals surface area contributed by atoms with Gasteiger partial charge in [0.15, 0.2) is 0 Å². The van der Waals surface area contributed by atoms with E-state index in [2.05, 4.69) is 24.9 Å². The highest BCUT2D eigenvalue weighted by molar-refractivity contribution is 5.80. The van der Waals surface area contributed by atoms with Crippen molar-refractivity contribution in [2.75, 3.05) is 126 Å². The molecule has 2 heterocycles. The van der Waals surface area contributed by atoms with E-state index in [9.17, 15) is 32.7 Å². The zero-order valence-electron chi connectivity index (χ0n) is 37.7. The zero-order chi connectivity index (χ0) is 48.0. The van der Waals surface area contributed by atoms with Gasteiger partial charge in [-0.25, -0.2) is 0 Å². The molecule has 2 aromatic carbocycles. The van der Waals surface area contributed by atoms with Gasteiger partial charge in [-0.05, 0) is 70.1 Å². The molecule has 2 fully saturated rings. The van der Waals surface area contributed by atoms with E-state index < -0.39 is 17.7 Å². The predicted octanol–water partition coefficient (Wildman–Crippen LogP) is 2.63. The summed E-state index contributed by atoms with van der Waals surface area (Å²) in [5.41, 5.74) is 1.32. The number of alkyl halides is 3. The van der Waals surface area contributed by atoms with Crippen molar-refractivity contribution in [3.05, 3.63) is 70.8 Å². The number of likely N-dealkylation sites (N-methyl/N-ethyl adjacent to an activating group) is 2. The number of likely N-dealkylation sites (tertiary alicyclic amines) is 1. The number of carbonyl (C=O) groups is 3. The summed E-state index contributed by atoms with van der Waals surface area (Å²) < 4.78 is 58.0. The number of carbonyl (C=O) groups excluding carboxylic acids is 6. The molecular weight excluding hydrogens is 858 g/mol. The number of benzene rings is 2. The number of rotatable bonds is 20. The van der Waals surface area contributed by atoms with Gasteiger partial charge < -0.3 is 34.4 Å². The second-order valence-corrected chi connectivity index (χ2v) is 16.0. The number of nitrogens with one attached hydrogen (secondary N) is 1. The first-order valence-corrected chi connectivity index (χ1v) is 21.6. The largest absolute Gasteiger partial charge is 0.480 e. The maximum atomic E-state index is 13.5. The number of halogens is 3. The molecule has 2 aliphatic rings. The van der Waals surface area contributed by atoms with Crippen molar-refractivity contribution in [3.63, 3.8) is 0 Å². The van der Waals surface area contributed by atoms with Gasteiger partial charge in [-0.15, -0.1) is 0 Å². The number of Topliss-reactive ketones (excluding diaryl/α,β-unsaturated/α-hetero) is 1. The SMILES string of the molecule is Cc1cc(CO[C@H]2CCCN(CC(=O)CCCOCCOCCNC(=O)CN3CCN(C)CCN(CC(=O)O)CCN(C)CC3)[C@H]2c2ccccc2)cc(C(F)(F)F)c1.O=C=O.O=C=O. The van der Waals surface area contributed by atoms with Crippen LogP contribution in [0.3, 0.4) is 0 Å². The number of aryl methyl sites for hydroxylation is 1. The highest BCUT2D eigenvalue weighted by Gasteiger charge is 2.35. The van der Waals surface area contributed by atoms with Gasteiger partial charge in [0.2, 0.25) is 5.91 Å². The highest BCUT2D eigenvalue weighted by Crippen LogP contribution is 2.35. The summed E-state index contributed by atoms with van der Waals surface area (Å²) in [6, 6.07) is 13.6. The highest BCUT2D eigenvalue weighted by atomic mass is 19.4. The van der Waals surface area contributed by atoms with Gasteiger partial charge in [-0.2, -0.15) is 32.3 Å². The molecule has 0 aromatic heterocycles. The summed E-state index contributed by atoms with van der Waals surface area (Å²) in [6.45, 7) is 10.7. The summed E-state index contributed by atoms with van der Waals surface area (Å²) in [5, 5.41) is 12.2. The molecule has 65 heavy (non-hydrogen) atoms. The fraction of sp³-hybridized carbons (Fsp3) is 0.622. The fourth-order valence-electron chi connectivity index (χ4n) is 7.49. The van der Waals surface area contributed by atoms with Gasteiger partial charge >= 0.3 is 24.4 Å². The number of hydrogen-bond acceptors (Lipinski definition) is 15. The average molecular weight is 923 g/mol. The van der Waals surface area contributed by atoms with Crippen molar-refractivity contribution < 1.29 is 66.1 Å². The van der Waals surface area contributed by atoms with Gasteiger partial charge in [-0.1, -0.05) is 42.0 Å². The minimum absolute atomic E-state index is 0.0337. The monoisotopic (exact) mass is 922 g/mol. The average Bonchev–Trinajstić information content (AvgIpc) is 3.25. The number of amides is 1. The lowest BCUT2D eigenvalue weighted by Gasteiger charge is -2.41. The molecular formula is C45H65F3N6O11. The lowest BCUT2D eigenvalue weighted by molar-refractivity contribution is -0.193. The van der Waals surface area contributed by atoms with Crippen molar-refractivity contribution in [1.29, 1.82) is 0 Å². The number of hydrogen-bond donors (Lipinski definition) is 2. The van der Waals surface area contributed by atoms with Crippen molar-refractivity contribution >= 4 is 30.0 Å². The number of carboxylic acid groups (broad SMARTS) is 1. The van der Waals surface area contributed by atoms with Crippen molar-refractivity contribution in [1.82, 2.24) is 29.8 Å². The molecule has 0 aliphatic carbocycles. The molecule has 0 unspecified atom stereocenters. The van der Waals surface area contributed by atoms with Crippen LogP contribution in [0.4, 0.5) is 13.2 Å². The lowest BCUT2D eigenvalue weighted by atomic mass is 9.91. The summed E-state index contributed by atoms with van der Waals surface area (Å²) in [4.78, 5) is 80.2. The van der Waals surface area contributed by atoms with Crippen molar-refractivity contribution in [3.8, 4) is 0 Å². The Morgan fingerprint density at radius 2 is 1.34 bits per heavy atom. The second-order valence-electron chi connectivity index (χ2n) is 16.0. The maximum absolute atomic E-state index is 13.5. The third-order valence-corrected chi connectivity index (χ3v) is 10.7. The third kappa shape index (κ3) is 24.4. The summed E-state index contributed by atoms with van der Waals surface area (Å²) in [6.07, 6.45) is -1.75. The van der Waals surface area contributed by atoms with E-state index in [4.69, 9.17) is 33.4 Å².